The van der Waals surface area contributed by atoms with E-state index in [1.54, 1.807) is 11.3 Å². The van der Waals surface area contributed by atoms with E-state index in [-0.39, 0.29) is 10.8 Å². The zero-order valence-electron chi connectivity index (χ0n) is 15.1. The number of aromatic amines is 1. The zero-order chi connectivity index (χ0) is 18.6. The van der Waals surface area contributed by atoms with Crippen molar-refractivity contribution < 1.29 is 0 Å². The largest absolute Gasteiger partial charge is 0.309 e. The highest BCUT2D eigenvalue weighted by Crippen LogP contribution is 2.34. The molecule has 1 unspecified atom stereocenters. The minimum absolute atomic E-state index is 0.0806. The minimum atomic E-state index is -0.0844. The quantitative estimate of drug-likeness (QED) is 0.542. The first-order chi connectivity index (χ1) is 12.3. The van der Waals surface area contributed by atoms with Crippen LogP contribution in [0.2, 0.25) is 0 Å². The van der Waals surface area contributed by atoms with Crippen LogP contribution in [0.4, 0.5) is 0 Å². The third-order valence-electron chi connectivity index (χ3n) is 4.39. The first-order valence-electron chi connectivity index (χ1n) is 8.21. The van der Waals surface area contributed by atoms with Crippen LogP contribution in [-0.4, -0.2) is 29.5 Å². The summed E-state index contributed by atoms with van der Waals surface area (Å²) in [5, 5.41) is 9.77. The van der Waals surface area contributed by atoms with Crippen molar-refractivity contribution in [2.75, 3.05) is 0 Å². The fourth-order valence-electron chi connectivity index (χ4n) is 2.95. The van der Waals surface area contributed by atoms with Gasteiger partial charge in [0, 0.05) is 16.3 Å². The van der Waals surface area contributed by atoms with Gasteiger partial charge in [0.2, 0.25) is 0 Å². The molecule has 1 atom stereocenters. The number of fused-ring (bicyclic) bond motifs is 2. The van der Waals surface area contributed by atoms with Crippen molar-refractivity contribution in [3.63, 3.8) is 0 Å². The SMILES string of the molecule is Cc1cc(C)n2c(SC(C)c3nc4sc(C)c(C)c4c(=O)[nH]3)nnc2n1. The summed E-state index contributed by atoms with van der Waals surface area (Å²) in [5.74, 6) is 1.22. The van der Waals surface area contributed by atoms with Crippen molar-refractivity contribution in [2.45, 2.75) is 45.0 Å². The molecule has 0 saturated carbocycles. The number of aryl methyl sites for hydroxylation is 4. The van der Waals surface area contributed by atoms with E-state index >= 15 is 0 Å². The summed E-state index contributed by atoms with van der Waals surface area (Å²) in [6.07, 6.45) is 0. The van der Waals surface area contributed by atoms with E-state index in [0.29, 0.717) is 17.0 Å². The van der Waals surface area contributed by atoms with Gasteiger partial charge in [0.1, 0.15) is 10.7 Å². The highest BCUT2D eigenvalue weighted by molar-refractivity contribution is 7.99. The first kappa shape index (κ1) is 17.2. The van der Waals surface area contributed by atoms with Gasteiger partial charge in [-0.25, -0.2) is 9.97 Å². The van der Waals surface area contributed by atoms with Crippen LogP contribution in [0.15, 0.2) is 16.0 Å². The molecule has 4 aromatic heterocycles. The van der Waals surface area contributed by atoms with E-state index in [4.69, 9.17) is 0 Å². The van der Waals surface area contributed by atoms with Crippen LogP contribution in [0.3, 0.4) is 0 Å². The molecule has 134 valence electrons. The van der Waals surface area contributed by atoms with Gasteiger partial charge in [-0.1, -0.05) is 11.8 Å². The number of hydrogen-bond donors (Lipinski definition) is 1. The Labute approximate surface area is 157 Å². The highest BCUT2D eigenvalue weighted by Gasteiger charge is 2.19. The molecule has 4 aromatic rings. The predicted molar refractivity (Wildman–Crippen MR) is 104 cm³/mol. The average Bonchev–Trinajstić information content (AvgIpc) is 3.09. The smallest absolute Gasteiger partial charge is 0.259 e. The van der Waals surface area contributed by atoms with Gasteiger partial charge >= 0.3 is 0 Å². The lowest BCUT2D eigenvalue weighted by molar-refractivity contribution is 0.864. The van der Waals surface area contributed by atoms with Gasteiger partial charge in [0.15, 0.2) is 5.16 Å². The van der Waals surface area contributed by atoms with Crippen LogP contribution in [0.5, 0.6) is 0 Å². The lowest BCUT2D eigenvalue weighted by Crippen LogP contribution is -2.12. The molecule has 0 radical (unpaired) electrons. The third-order valence-corrected chi connectivity index (χ3v) is 6.54. The van der Waals surface area contributed by atoms with Gasteiger partial charge in [0.05, 0.1) is 10.6 Å². The van der Waals surface area contributed by atoms with Crippen molar-refractivity contribution in [1.82, 2.24) is 29.5 Å². The molecule has 0 bridgehead atoms. The van der Waals surface area contributed by atoms with Gasteiger partial charge in [0.25, 0.3) is 11.3 Å². The van der Waals surface area contributed by atoms with Crippen LogP contribution >= 0.6 is 23.1 Å². The van der Waals surface area contributed by atoms with Crippen molar-refractivity contribution in [1.29, 1.82) is 0 Å². The summed E-state index contributed by atoms with van der Waals surface area (Å²) >= 11 is 3.06. The number of rotatable bonds is 3. The Morgan fingerprint density at radius 2 is 1.96 bits per heavy atom. The maximum atomic E-state index is 12.5. The summed E-state index contributed by atoms with van der Waals surface area (Å²) in [7, 11) is 0. The Balaban J connectivity index is 1.74. The van der Waals surface area contributed by atoms with Crippen LogP contribution in [0, 0.1) is 27.7 Å². The summed E-state index contributed by atoms with van der Waals surface area (Å²) in [5.41, 5.74) is 2.85. The average molecular weight is 387 g/mol. The van der Waals surface area contributed by atoms with Crippen molar-refractivity contribution in [3.05, 3.63) is 44.1 Å². The van der Waals surface area contributed by atoms with Crippen LogP contribution in [0.25, 0.3) is 16.0 Å². The molecule has 0 aliphatic carbocycles. The molecule has 4 heterocycles. The standard InChI is InChI=1S/C17H18N6OS2/c1-7-6-8(2)23-16(18-7)21-22-17(23)26-11(5)13-19-14(24)12-9(3)10(4)25-15(12)20-13/h6,11H,1-5H3,(H,19,20,24). The number of thioether (sulfide) groups is 1. The molecule has 0 aliphatic heterocycles. The second-order valence-corrected chi connectivity index (χ2v) is 8.84. The summed E-state index contributed by atoms with van der Waals surface area (Å²) < 4.78 is 1.92. The normalized spacial score (nSPS) is 13.0. The second-order valence-electron chi connectivity index (χ2n) is 6.33. The van der Waals surface area contributed by atoms with Crippen LogP contribution in [0.1, 0.15) is 39.8 Å². The van der Waals surface area contributed by atoms with E-state index in [9.17, 15) is 4.79 Å². The Kier molecular flexibility index (Phi) is 4.07. The van der Waals surface area contributed by atoms with E-state index in [1.165, 1.54) is 11.8 Å². The van der Waals surface area contributed by atoms with Crippen LogP contribution < -0.4 is 5.56 Å². The van der Waals surface area contributed by atoms with Gasteiger partial charge in [-0.15, -0.1) is 21.5 Å². The van der Waals surface area contributed by atoms with Crippen LogP contribution in [-0.2, 0) is 0 Å². The lowest BCUT2D eigenvalue weighted by atomic mass is 10.2. The third kappa shape index (κ3) is 2.71. The molecule has 0 fully saturated rings. The molecule has 0 saturated heterocycles. The number of hydrogen-bond acceptors (Lipinski definition) is 7. The predicted octanol–water partition coefficient (Wildman–Crippen LogP) is 3.51. The molecule has 4 rings (SSSR count). The van der Waals surface area contributed by atoms with Crippen molar-refractivity contribution in [3.8, 4) is 0 Å². The first-order valence-corrected chi connectivity index (χ1v) is 9.90. The number of thiophene rings is 1. The molecule has 0 amide bonds. The summed E-state index contributed by atoms with van der Waals surface area (Å²) in [6.45, 7) is 9.91. The van der Waals surface area contributed by atoms with Gasteiger partial charge in [-0.2, -0.15) is 0 Å². The topological polar surface area (TPSA) is 88.8 Å². The van der Waals surface area contributed by atoms with Crippen molar-refractivity contribution in [2.24, 2.45) is 0 Å². The maximum Gasteiger partial charge on any atom is 0.259 e. The molecule has 26 heavy (non-hydrogen) atoms. The highest BCUT2D eigenvalue weighted by atomic mass is 32.2. The number of aromatic nitrogens is 6. The number of nitrogens with zero attached hydrogens (tertiary/aromatic N) is 5. The maximum absolute atomic E-state index is 12.5. The summed E-state index contributed by atoms with van der Waals surface area (Å²) in [4.78, 5) is 26.4. The monoisotopic (exact) mass is 386 g/mol. The van der Waals surface area contributed by atoms with E-state index in [1.807, 2.05) is 45.1 Å². The Bertz CT molecular complexity index is 1210. The molecular formula is C17H18N6OS2. The Hall–Kier alpha value is -2.26. The number of nitrogens with one attached hydrogen (secondary N) is 1. The Morgan fingerprint density at radius 3 is 2.73 bits per heavy atom. The molecule has 0 aromatic carbocycles. The zero-order valence-corrected chi connectivity index (χ0v) is 16.7. The summed E-state index contributed by atoms with van der Waals surface area (Å²) in [6, 6.07) is 1.99. The molecular weight excluding hydrogens is 368 g/mol. The lowest BCUT2D eigenvalue weighted by Gasteiger charge is -2.10. The molecule has 1 N–H and O–H groups in total. The minimum Gasteiger partial charge on any atom is -0.309 e. The number of H-pyrrole nitrogens is 1. The van der Waals surface area contributed by atoms with E-state index in [0.717, 1.165) is 31.8 Å². The fourth-order valence-corrected chi connectivity index (χ4v) is 4.95. The molecule has 7 nitrogen and oxygen atoms in total. The van der Waals surface area contributed by atoms with Gasteiger partial charge in [-0.3, -0.25) is 9.20 Å². The van der Waals surface area contributed by atoms with Gasteiger partial charge < -0.3 is 4.98 Å². The molecule has 0 aliphatic rings. The molecule has 0 spiro atoms. The fraction of sp³-hybridized carbons (Fsp3) is 0.353. The van der Waals surface area contributed by atoms with E-state index < -0.39 is 0 Å². The van der Waals surface area contributed by atoms with Gasteiger partial charge in [-0.05, 0) is 46.2 Å². The second kappa shape index (κ2) is 6.17. The van der Waals surface area contributed by atoms with E-state index in [2.05, 4.69) is 25.1 Å². The van der Waals surface area contributed by atoms with Crippen molar-refractivity contribution >= 4 is 39.1 Å². The Morgan fingerprint density at radius 1 is 1.19 bits per heavy atom. The molecule has 9 heteroatoms.